The number of azide groups is 1. The van der Waals surface area contributed by atoms with Crippen LogP contribution in [0, 0.1) is 23.7 Å². The number of carbonyl (C=O) groups excluding carboxylic acids is 2. The first-order valence-electron chi connectivity index (χ1n) is 19.4. The molecule has 3 rings (SSSR count). The number of likely N-dealkylation sites (N-methyl/N-ethyl adjacent to an activating group) is 1. The molecule has 3 fully saturated rings. The molecular formula is C38H68N4O13. The molecule has 3 saturated heterocycles. The van der Waals surface area contributed by atoms with E-state index >= 15 is 0 Å². The van der Waals surface area contributed by atoms with E-state index in [1.807, 2.05) is 25.9 Å². The van der Waals surface area contributed by atoms with Gasteiger partial charge >= 0.3 is 5.97 Å². The first kappa shape index (κ1) is 47.4. The predicted molar refractivity (Wildman–Crippen MR) is 199 cm³/mol. The van der Waals surface area contributed by atoms with Crippen LogP contribution in [0.15, 0.2) is 5.11 Å². The van der Waals surface area contributed by atoms with E-state index in [1.165, 1.54) is 28.1 Å². The van der Waals surface area contributed by atoms with Crippen LogP contribution in [0.2, 0.25) is 0 Å². The van der Waals surface area contributed by atoms with E-state index in [-0.39, 0.29) is 38.0 Å². The first-order chi connectivity index (χ1) is 25.5. The molecule has 0 aromatic rings. The van der Waals surface area contributed by atoms with Crippen molar-refractivity contribution < 1.29 is 63.2 Å². The summed E-state index contributed by atoms with van der Waals surface area (Å²) >= 11 is 0. The summed E-state index contributed by atoms with van der Waals surface area (Å²) in [5.74, 6) is -5.00. The highest BCUT2D eigenvalue weighted by atomic mass is 16.7. The molecule has 17 nitrogen and oxygen atoms in total. The van der Waals surface area contributed by atoms with Gasteiger partial charge in [0.2, 0.25) is 0 Å². The zero-order valence-corrected chi connectivity index (χ0v) is 34.9. The molecule has 4 N–H and O–H groups in total. The van der Waals surface area contributed by atoms with E-state index in [1.54, 1.807) is 41.5 Å². The maximum atomic E-state index is 14.3. The van der Waals surface area contributed by atoms with E-state index in [0.29, 0.717) is 6.42 Å². The Morgan fingerprint density at radius 1 is 0.909 bits per heavy atom. The number of carbonyl (C=O) groups is 2. The second-order valence-electron chi connectivity index (χ2n) is 17.0. The van der Waals surface area contributed by atoms with Gasteiger partial charge in [0.25, 0.3) is 0 Å². The molecule has 55 heavy (non-hydrogen) atoms. The quantitative estimate of drug-likeness (QED) is 0.108. The lowest BCUT2D eigenvalue weighted by Gasteiger charge is -2.50. The van der Waals surface area contributed by atoms with Crippen LogP contribution in [0.1, 0.15) is 88.0 Å². The molecule has 0 aromatic carbocycles. The molecule has 3 aliphatic rings. The van der Waals surface area contributed by atoms with Crippen molar-refractivity contribution in [1.29, 1.82) is 0 Å². The highest BCUT2D eigenvalue weighted by Gasteiger charge is 2.54. The van der Waals surface area contributed by atoms with Gasteiger partial charge in [0.05, 0.1) is 47.6 Å². The monoisotopic (exact) mass is 788 g/mol. The van der Waals surface area contributed by atoms with Crippen molar-refractivity contribution in [3.8, 4) is 0 Å². The second kappa shape index (κ2) is 19.2. The van der Waals surface area contributed by atoms with Crippen LogP contribution in [0.5, 0.6) is 0 Å². The minimum absolute atomic E-state index is 0.0583. The third-order valence-electron chi connectivity index (χ3n) is 12.5. The molecule has 0 radical (unpaired) electrons. The Morgan fingerprint density at radius 3 is 2.09 bits per heavy atom. The van der Waals surface area contributed by atoms with Crippen molar-refractivity contribution in [2.45, 2.75) is 172 Å². The fourth-order valence-corrected chi connectivity index (χ4v) is 8.66. The molecule has 318 valence electrons. The van der Waals surface area contributed by atoms with Crippen LogP contribution in [-0.2, 0) is 42.7 Å². The Labute approximate surface area is 325 Å². The van der Waals surface area contributed by atoms with E-state index in [9.17, 15) is 30.0 Å². The molecule has 0 aliphatic carbocycles. The third-order valence-corrected chi connectivity index (χ3v) is 12.5. The van der Waals surface area contributed by atoms with Gasteiger partial charge in [-0.05, 0) is 80.4 Å². The molecule has 17 heteroatoms. The van der Waals surface area contributed by atoms with Crippen LogP contribution >= 0.6 is 0 Å². The largest absolute Gasteiger partial charge is 0.459 e. The number of hydrogen-bond donors (Lipinski definition) is 4. The zero-order valence-electron chi connectivity index (χ0n) is 34.9. The van der Waals surface area contributed by atoms with Gasteiger partial charge < -0.3 is 58.5 Å². The van der Waals surface area contributed by atoms with E-state index < -0.39 is 108 Å². The molecule has 8 unspecified atom stereocenters. The fourth-order valence-electron chi connectivity index (χ4n) is 8.66. The Bertz CT molecular complexity index is 1330. The number of rotatable bonds is 10. The summed E-state index contributed by atoms with van der Waals surface area (Å²) < 4.78 is 43.9. The summed E-state index contributed by atoms with van der Waals surface area (Å²) in [4.78, 5) is 33.1. The Balaban J connectivity index is 2.25. The molecule has 18 atom stereocenters. The molecule has 0 bridgehead atoms. The van der Waals surface area contributed by atoms with Gasteiger partial charge in [-0.25, -0.2) is 0 Å². The minimum atomic E-state index is -2.15. The summed E-state index contributed by atoms with van der Waals surface area (Å²) in [6.07, 6.45) is -9.93. The molecule has 3 aliphatic heterocycles. The second-order valence-corrected chi connectivity index (χ2v) is 17.0. The summed E-state index contributed by atoms with van der Waals surface area (Å²) in [6.45, 7) is 14.8. The van der Waals surface area contributed by atoms with Gasteiger partial charge in [-0.3, -0.25) is 9.59 Å². The standard InChI is InChI=1S/C38H68N4O13/c1-19-17-37(8,50-13)33(55-35-29(44)25(42(10)11)16-20(2)51-35)22(4)30(54-27-18-36(7,49-12)32(46)24(6)52-27)23(5)34(47)53-26(14-15-40-41-39)38(9,48)31(45)21(3)28(19)43/h19-27,29-33,35,44-46,48H,14-18H2,1-13H3/t19-,20?,21+,22+,23-,24?,25?,26-,27?,29?,30+,31-,32?,33-,35?,36?,37-,38-/m1/s1. The maximum absolute atomic E-state index is 14.3. The minimum Gasteiger partial charge on any atom is -0.459 e. The Kier molecular flexibility index (Phi) is 16.5. The Morgan fingerprint density at radius 2 is 1.53 bits per heavy atom. The smallest absolute Gasteiger partial charge is 0.311 e. The van der Waals surface area contributed by atoms with Crippen molar-refractivity contribution in [2.75, 3.05) is 34.9 Å². The number of ether oxygens (including phenoxy) is 7. The number of nitrogens with zero attached hydrogens (tertiary/aromatic N) is 4. The number of hydrogen-bond acceptors (Lipinski definition) is 15. The average molecular weight is 789 g/mol. The summed E-state index contributed by atoms with van der Waals surface area (Å²) in [6, 6.07) is -0.314. The SMILES string of the molecule is COC1(C)CC(O[C@H]2[C@H](C)[C@@H](OC3OC(C)CC(N(C)C)C3O)[C@](C)(OC)C[C@@H](C)C(=O)[C@H](C)[C@@H](O)[C@](C)(O)[C@@H](CCN=[N+]=[N-])OC(=O)[C@@H]2C)OC(C)C1O. The average Bonchev–Trinajstić information content (AvgIpc) is 3.13. The fraction of sp³-hybridized carbons (Fsp3) is 0.947. The van der Waals surface area contributed by atoms with Crippen molar-refractivity contribution in [1.82, 2.24) is 4.90 Å². The summed E-state index contributed by atoms with van der Waals surface area (Å²) in [7, 11) is 6.68. The lowest BCUT2D eigenvalue weighted by atomic mass is 9.73. The van der Waals surface area contributed by atoms with E-state index in [0.717, 1.165) is 0 Å². The van der Waals surface area contributed by atoms with Gasteiger partial charge in [-0.1, -0.05) is 25.9 Å². The van der Waals surface area contributed by atoms with Crippen molar-refractivity contribution in [3.63, 3.8) is 0 Å². The maximum Gasteiger partial charge on any atom is 0.311 e. The molecular weight excluding hydrogens is 720 g/mol. The van der Waals surface area contributed by atoms with Crippen LogP contribution in [-0.4, -0.2) is 156 Å². The molecule has 0 amide bonds. The summed E-state index contributed by atoms with van der Waals surface area (Å²) in [5.41, 5.74) is 4.44. The van der Waals surface area contributed by atoms with Crippen molar-refractivity contribution >= 4 is 11.8 Å². The number of cyclic esters (lactones) is 1. The number of methoxy groups -OCH3 is 2. The third kappa shape index (κ3) is 10.6. The predicted octanol–water partition coefficient (Wildman–Crippen LogP) is 2.73. The molecule has 3 heterocycles. The molecule has 0 aromatic heterocycles. The van der Waals surface area contributed by atoms with Gasteiger partial charge in [0.15, 0.2) is 12.6 Å². The van der Waals surface area contributed by atoms with Crippen LogP contribution in [0.3, 0.4) is 0 Å². The van der Waals surface area contributed by atoms with Crippen LogP contribution < -0.4 is 0 Å². The van der Waals surface area contributed by atoms with E-state index in [4.69, 9.17) is 38.7 Å². The van der Waals surface area contributed by atoms with Crippen LogP contribution in [0.4, 0.5) is 0 Å². The lowest BCUT2D eigenvalue weighted by Crippen LogP contribution is -2.61. The van der Waals surface area contributed by atoms with Gasteiger partial charge in [-0.15, -0.1) is 0 Å². The van der Waals surface area contributed by atoms with Gasteiger partial charge in [-0.2, -0.15) is 0 Å². The number of ketones is 1. The van der Waals surface area contributed by atoms with Crippen molar-refractivity contribution in [2.24, 2.45) is 28.8 Å². The Hall–Kier alpha value is -1.99. The molecule has 0 saturated carbocycles. The highest BCUT2D eigenvalue weighted by Crippen LogP contribution is 2.42. The summed E-state index contributed by atoms with van der Waals surface area (Å²) in [5, 5.41) is 49.5. The highest BCUT2D eigenvalue weighted by molar-refractivity contribution is 5.83. The van der Waals surface area contributed by atoms with Crippen LogP contribution in [0.25, 0.3) is 10.4 Å². The zero-order chi connectivity index (χ0) is 41.8. The number of aliphatic hydroxyl groups excluding tert-OH is 3. The van der Waals surface area contributed by atoms with Gasteiger partial charge in [0.1, 0.15) is 29.7 Å². The van der Waals surface area contributed by atoms with Gasteiger partial charge in [0, 0.05) is 55.9 Å². The number of esters is 1. The number of aliphatic hydroxyl groups is 4. The van der Waals surface area contributed by atoms with E-state index in [2.05, 4.69) is 10.0 Å². The first-order valence-corrected chi connectivity index (χ1v) is 19.4. The lowest BCUT2D eigenvalue weighted by molar-refractivity contribution is -0.319. The molecule has 0 spiro atoms. The normalized spacial score (nSPS) is 46.8. The van der Waals surface area contributed by atoms with Crippen molar-refractivity contribution in [3.05, 3.63) is 10.4 Å². The topological polar surface area (TPSA) is 232 Å². The number of Topliss-reactive ketones (excluding diaryl/α,β-unsaturated/α-hetero) is 1.